The molecule has 0 aromatic heterocycles. The number of hydrogen-bond acceptors (Lipinski definition) is 1. The van der Waals surface area contributed by atoms with E-state index in [4.69, 9.17) is 0 Å². The molecule has 0 unspecified atom stereocenters. The number of rotatable bonds is 0. The van der Waals surface area contributed by atoms with Crippen molar-refractivity contribution in [2.45, 2.75) is 38.4 Å². The third-order valence-electron chi connectivity index (χ3n) is 1.62. The number of allylic oxidation sites excluding steroid dienone is 2. The molecule has 0 aromatic rings. The molecule has 0 nitrogen and oxygen atoms in total. The second-order valence-electron chi connectivity index (χ2n) is 3.22. The molecular weight excluding hydrogens is 128 g/mol. The van der Waals surface area contributed by atoms with Crippen LogP contribution in [-0.4, -0.2) is 4.75 Å². The molecule has 0 aromatic carbocycles. The quantitative estimate of drug-likeness (QED) is 0.500. The standard InChI is InChI=1S/C8H14S/c1-7-5-4-6-8(2,3)9-7/h5H,4,6H2,1-3H3. The van der Waals surface area contributed by atoms with E-state index in [0.717, 1.165) is 0 Å². The van der Waals surface area contributed by atoms with Crippen molar-refractivity contribution < 1.29 is 0 Å². The molecule has 0 saturated heterocycles. The van der Waals surface area contributed by atoms with E-state index in [1.165, 1.54) is 17.7 Å². The van der Waals surface area contributed by atoms with E-state index >= 15 is 0 Å². The Morgan fingerprint density at radius 3 is 2.56 bits per heavy atom. The van der Waals surface area contributed by atoms with Gasteiger partial charge < -0.3 is 0 Å². The van der Waals surface area contributed by atoms with Gasteiger partial charge in [0.05, 0.1) is 0 Å². The second-order valence-corrected chi connectivity index (χ2v) is 5.17. The first kappa shape index (κ1) is 7.20. The van der Waals surface area contributed by atoms with Gasteiger partial charge in [0.2, 0.25) is 0 Å². The van der Waals surface area contributed by atoms with Gasteiger partial charge in [-0.1, -0.05) is 19.9 Å². The first-order chi connectivity index (χ1) is 4.10. The van der Waals surface area contributed by atoms with E-state index in [2.05, 4.69) is 26.8 Å². The molecule has 1 heteroatoms. The monoisotopic (exact) mass is 142 g/mol. The second kappa shape index (κ2) is 2.37. The first-order valence-corrected chi connectivity index (χ1v) is 4.28. The van der Waals surface area contributed by atoms with Crippen LogP contribution in [0.15, 0.2) is 11.0 Å². The number of hydrogen-bond donors (Lipinski definition) is 0. The van der Waals surface area contributed by atoms with Gasteiger partial charge in [0.15, 0.2) is 0 Å². The molecule has 0 bridgehead atoms. The van der Waals surface area contributed by atoms with Crippen LogP contribution >= 0.6 is 11.8 Å². The van der Waals surface area contributed by atoms with E-state index < -0.39 is 0 Å². The van der Waals surface area contributed by atoms with Crippen molar-refractivity contribution in [3.05, 3.63) is 11.0 Å². The van der Waals surface area contributed by atoms with Crippen molar-refractivity contribution in [1.82, 2.24) is 0 Å². The van der Waals surface area contributed by atoms with Crippen molar-refractivity contribution in [1.29, 1.82) is 0 Å². The lowest BCUT2D eigenvalue weighted by Gasteiger charge is -2.27. The third kappa shape index (κ3) is 2.05. The van der Waals surface area contributed by atoms with E-state index in [1.807, 2.05) is 11.8 Å². The van der Waals surface area contributed by atoms with Crippen LogP contribution < -0.4 is 0 Å². The van der Waals surface area contributed by atoms with Crippen molar-refractivity contribution in [3.8, 4) is 0 Å². The fraction of sp³-hybridized carbons (Fsp3) is 0.750. The minimum Gasteiger partial charge on any atom is -0.125 e. The SMILES string of the molecule is CC1=CCCC(C)(C)S1. The molecule has 0 atom stereocenters. The van der Waals surface area contributed by atoms with Gasteiger partial charge in [-0.05, 0) is 24.7 Å². The van der Waals surface area contributed by atoms with E-state index in [-0.39, 0.29) is 0 Å². The largest absolute Gasteiger partial charge is 0.125 e. The molecule has 1 aliphatic rings. The molecule has 0 amide bonds. The maximum absolute atomic E-state index is 2.33. The van der Waals surface area contributed by atoms with Crippen LogP contribution in [0.1, 0.15) is 33.6 Å². The van der Waals surface area contributed by atoms with Gasteiger partial charge in [-0.15, -0.1) is 11.8 Å². The lowest BCUT2D eigenvalue weighted by molar-refractivity contribution is 0.642. The highest BCUT2D eigenvalue weighted by Gasteiger charge is 2.20. The summed E-state index contributed by atoms with van der Waals surface area (Å²) >= 11 is 2.00. The number of thioether (sulfide) groups is 1. The summed E-state index contributed by atoms with van der Waals surface area (Å²) in [4.78, 5) is 1.49. The lowest BCUT2D eigenvalue weighted by Crippen LogP contribution is -2.16. The third-order valence-corrected chi connectivity index (χ3v) is 2.86. The Balaban J connectivity index is 2.59. The van der Waals surface area contributed by atoms with Crippen molar-refractivity contribution in [2.24, 2.45) is 0 Å². The van der Waals surface area contributed by atoms with Crippen LogP contribution in [0.25, 0.3) is 0 Å². The van der Waals surface area contributed by atoms with E-state index in [0.29, 0.717) is 4.75 Å². The summed E-state index contributed by atoms with van der Waals surface area (Å²) in [6.07, 6.45) is 4.93. The normalized spacial score (nSPS) is 25.4. The molecule has 0 fully saturated rings. The average molecular weight is 142 g/mol. The van der Waals surface area contributed by atoms with Crippen molar-refractivity contribution in [2.75, 3.05) is 0 Å². The highest BCUT2D eigenvalue weighted by molar-refractivity contribution is 8.04. The van der Waals surface area contributed by atoms with Crippen LogP contribution in [0.2, 0.25) is 0 Å². The Labute approximate surface area is 61.7 Å². The van der Waals surface area contributed by atoms with Crippen LogP contribution in [0, 0.1) is 0 Å². The molecule has 0 aliphatic carbocycles. The molecule has 52 valence electrons. The predicted octanol–water partition coefficient (Wildman–Crippen LogP) is 3.20. The summed E-state index contributed by atoms with van der Waals surface area (Å²) in [7, 11) is 0. The van der Waals surface area contributed by atoms with Crippen molar-refractivity contribution >= 4 is 11.8 Å². The zero-order valence-corrected chi connectivity index (χ0v) is 7.22. The van der Waals surface area contributed by atoms with Gasteiger partial charge in [-0.3, -0.25) is 0 Å². The van der Waals surface area contributed by atoms with E-state index in [9.17, 15) is 0 Å². The Morgan fingerprint density at radius 2 is 2.22 bits per heavy atom. The Morgan fingerprint density at radius 1 is 1.56 bits per heavy atom. The maximum atomic E-state index is 2.33. The highest BCUT2D eigenvalue weighted by atomic mass is 32.2. The Bertz CT molecular complexity index is 134. The Kier molecular flexibility index (Phi) is 1.90. The first-order valence-electron chi connectivity index (χ1n) is 3.46. The maximum Gasteiger partial charge on any atom is 0.0150 e. The fourth-order valence-corrected chi connectivity index (χ4v) is 2.44. The van der Waals surface area contributed by atoms with E-state index in [1.54, 1.807) is 0 Å². The molecule has 1 aliphatic heterocycles. The van der Waals surface area contributed by atoms with Gasteiger partial charge in [0, 0.05) is 4.75 Å². The molecule has 0 N–H and O–H groups in total. The molecule has 9 heavy (non-hydrogen) atoms. The summed E-state index contributed by atoms with van der Waals surface area (Å²) in [5.74, 6) is 0. The smallest absolute Gasteiger partial charge is 0.0150 e. The van der Waals surface area contributed by atoms with Crippen LogP contribution in [0.5, 0.6) is 0 Å². The minimum atomic E-state index is 0.499. The topological polar surface area (TPSA) is 0 Å². The summed E-state index contributed by atoms with van der Waals surface area (Å²) in [5, 5.41) is 0. The summed E-state index contributed by atoms with van der Waals surface area (Å²) in [5.41, 5.74) is 0. The predicted molar refractivity (Wildman–Crippen MR) is 44.7 cm³/mol. The van der Waals surface area contributed by atoms with Crippen LogP contribution in [0.4, 0.5) is 0 Å². The summed E-state index contributed by atoms with van der Waals surface area (Å²) < 4.78 is 0.499. The highest BCUT2D eigenvalue weighted by Crippen LogP contribution is 2.39. The van der Waals surface area contributed by atoms with Gasteiger partial charge in [-0.2, -0.15) is 0 Å². The summed E-state index contributed by atoms with van der Waals surface area (Å²) in [6, 6.07) is 0. The molecule has 1 rings (SSSR count). The Hall–Kier alpha value is 0.0900. The zero-order valence-electron chi connectivity index (χ0n) is 6.40. The van der Waals surface area contributed by atoms with Crippen LogP contribution in [-0.2, 0) is 0 Å². The van der Waals surface area contributed by atoms with Gasteiger partial charge in [0.25, 0.3) is 0 Å². The van der Waals surface area contributed by atoms with Gasteiger partial charge >= 0.3 is 0 Å². The molecular formula is C8H14S. The average Bonchev–Trinajstić information content (AvgIpc) is 1.60. The van der Waals surface area contributed by atoms with Crippen molar-refractivity contribution in [3.63, 3.8) is 0 Å². The molecule has 0 spiro atoms. The lowest BCUT2D eigenvalue weighted by atomic mass is 10.1. The van der Waals surface area contributed by atoms with Crippen LogP contribution in [0.3, 0.4) is 0 Å². The molecule has 0 radical (unpaired) electrons. The minimum absolute atomic E-state index is 0.499. The molecule has 1 heterocycles. The van der Waals surface area contributed by atoms with Gasteiger partial charge in [0.1, 0.15) is 0 Å². The summed E-state index contributed by atoms with van der Waals surface area (Å²) in [6.45, 7) is 6.83. The van der Waals surface area contributed by atoms with Gasteiger partial charge in [-0.25, -0.2) is 0 Å². The zero-order chi connectivity index (χ0) is 6.91. The molecule has 0 saturated carbocycles. The fourth-order valence-electron chi connectivity index (χ4n) is 1.15.